The van der Waals surface area contributed by atoms with Crippen molar-refractivity contribution in [3.63, 3.8) is 0 Å². The average molecular weight is 432 g/mol. The number of ketones is 1. The first-order chi connectivity index (χ1) is 15.0. The summed E-state index contributed by atoms with van der Waals surface area (Å²) in [6, 6.07) is 8.72. The lowest BCUT2D eigenvalue weighted by Crippen LogP contribution is -2.60. The number of aliphatic carboxylic acids is 1. The number of nitrogens with one attached hydrogen (secondary N) is 1. The lowest BCUT2D eigenvalue weighted by atomic mass is 9.85. The van der Waals surface area contributed by atoms with Crippen LogP contribution in [0.4, 0.5) is 0 Å². The summed E-state index contributed by atoms with van der Waals surface area (Å²) in [5.41, 5.74) is -1.12. The number of Topliss-reactive ketones (excluding diaryl/α,β-unsaturated/α-hetero) is 1. The number of carbonyl (C=O) groups is 2. The molecular formula is C27H45NO3. The summed E-state index contributed by atoms with van der Waals surface area (Å²) in [6.45, 7) is 6.01. The van der Waals surface area contributed by atoms with Crippen LogP contribution in [0.5, 0.6) is 0 Å². The molecule has 0 heterocycles. The molecule has 1 aromatic carbocycles. The predicted molar refractivity (Wildman–Crippen MR) is 130 cm³/mol. The van der Waals surface area contributed by atoms with Gasteiger partial charge >= 0.3 is 5.97 Å². The van der Waals surface area contributed by atoms with Crippen LogP contribution in [-0.2, 0) is 4.79 Å². The molecule has 0 fully saturated rings. The highest BCUT2D eigenvalue weighted by Gasteiger charge is 2.45. The standard InChI is InChI=1S/C27H45NO3/c1-4-6-7-8-9-10-11-12-13-14-15-17-20-23(3)28-27(5-2,26(30)31)25(29)24-21-18-16-19-22-24/h16,18-19,21-23,28H,4-15,17,20H2,1-3H3,(H,30,31). The number of carbonyl (C=O) groups excluding carboxylic acids is 1. The van der Waals surface area contributed by atoms with Crippen LogP contribution in [0.15, 0.2) is 30.3 Å². The van der Waals surface area contributed by atoms with Crippen LogP contribution in [0.25, 0.3) is 0 Å². The molecule has 0 radical (unpaired) electrons. The van der Waals surface area contributed by atoms with Gasteiger partial charge in [-0.1, -0.05) is 121 Å². The Morgan fingerprint density at radius 3 is 1.77 bits per heavy atom. The van der Waals surface area contributed by atoms with Crippen molar-refractivity contribution in [1.82, 2.24) is 5.32 Å². The minimum atomic E-state index is -1.56. The van der Waals surface area contributed by atoms with Gasteiger partial charge in [0, 0.05) is 11.6 Å². The molecular weight excluding hydrogens is 386 g/mol. The lowest BCUT2D eigenvalue weighted by molar-refractivity contribution is -0.143. The Morgan fingerprint density at radius 1 is 0.839 bits per heavy atom. The van der Waals surface area contributed by atoms with Gasteiger partial charge in [-0.2, -0.15) is 0 Å². The van der Waals surface area contributed by atoms with Crippen LogP contribution < -0.4 is 5.32 Å². The Balaban J connectivity index is 2.30. The molecule has 2 unspecified atom stereocenters. The van der Waals surface area contributed by atoms with Crippen LogP contribution in [0.2, 0.25) is 0 Å². The Labute approximate surface area is 190 Å². The summed E-state index contributed by atoms with van der Waals surface area (Å²) in [5.74, 6) is -1.45. The van der Waals surface area contributed by atoms with Crippen LogP contribution in [0.3, 0.4) is 0 Å². The quantitative estimate of drug-likeness (QED) is 0.138. The molecule has 1 rings (SSSR count). The molecule has 4 nitrogen and oxygen atoms in total. The zero-order valence-electron chi connectivity index (χ0n) is 20.1. The van der Waals surface area contributed by atoms with Crippen molar-refractivity contribution in [2.75, 3.05) is 0 Å². The smallest absolute Gasteiger partial charge is 0.332 e. The molecule has 0 aliphatic rings. The number of carboxylic acid groups (broad SMARTS) is 1. The molecule has 0 aromatic heterocycles. The first-order valence-electron chi connectivity index (χ1n) is 12.6. The van der Waals surface area contributed by atoms with Gasteiger partial charge in [-0.3, -0.25) is 10.1 Å². The molecule has 176 valence electrons. The predicted octanol–water partition coefficient (Wildman–Crippen LogP) is 7.17. The maximum absolute atomic E-state index is 13.0. The fourth-order valence-electron chi connectivity index (χ4n) is 4.26. The second kappa shape index (κ2) is 16.0. The molecule has 0 saturated heterocycles. The molecule has 0 spiro atoms. The third-order valence-corrected chi connectivity index (χ3v) is 6.30. The Hall–Kier alpha value is -1.68. The van der Waals surface area contributed by atoms with E-state index in [1.807, 2.05) is 13.0 Å². The maximum atomic E-state index is 13.0. The molecule has 0 aliphatic carbocycles. The summed E-state index contributed by atoms with van der Waals surface area (Å²) in [7, 11) is 0. The number of unbranched alkanes of at least 4 members (excludes halogenated alkanes) is 11. The number of hydrogen-bond acceptors (Lipinski definition) is 3. The van der Waals surface area contributed by atoms with Crippen molar-refractivity contribution in [3.05, 3.63) is 35.9 Å². The maximum Gasteiger partial charge on any atom is 0.332 e. The Kier molecular flexibility index (Phi) is 14.1. The van der Waals surface area contributed by atoms with E-state index in [2.05, 4.69) is 12.2 Å². The molecule has 2 atom stereocenters. The van der Waals surface area contributed by atoms with E-state index in [9.17, 15) is 14.7 Å². The van der Waals surface area contributed by atoms with E-state index in [-0.39, 0.29) is 18.2 Å². The molecule has 0 saturated carbocycles. The van der Waals surface area contributed by atoms with Crippen LogP contribution in [0, 0.1) is 0 Å². The Morgan fingerprint density at radius 2 is 1.32 bits per heavy atom. The number of benzene rings is 1. The fraction of sp³-hybridized carbons (Fsp3) is 0.704. The summed E-state index contributed by atoms with van der Waals surface area (Å²) in [6.07, 6.45) is 16.8. The van der Waals surface area contributed by atoms with Gasteiger partial charge in [-0.05, 0) is 19.8 Å². The van der Waals surface area contributed by atoms with Gasteiger partial charge in [-0.25, -0.2) is 4.79 Å². The first-order valence-corrected chi connectivity index (χ1v) is 12.6. The van der Waals surface area contributed by atoms with Crippen LogP contribution >= 0.6 is 0 Å². The zero-order valence-corrected chi connectivity index (χ0v) is 20.1. The van der Waals surface area contributed by atoms with Gasteiger partial charge in [-0.15, -0.1) is 0 Å². The summed E-state index contributed by atoms with van der Waals surface area (Å²) >= 11 is 0. The third-order valence-electron chi connectivity index (χ3n) is 6.30. The number of hydrogen-bond donors (Lipinski definition) is 2. The number of rotatable bonds is 19. The van der Waals surface area contributed by atoms with Crippen LogP contribution in [0.1, 0.15) is 121 Å². The van der Waals surface area contributed by atoms with Gasteiger partial charge in [0.2, 0.25) is 0 Å². The van der Waals surface area contributed by atoms with Crippen molar-refractivity contribution in [3.8, 4) is 0 Å². The van der Waals surface area contributed by atoms with E-state index in [0.717, 1.165) is 12.8 Å². The zero-order chi connectivity index (χ0) is 23.0. The van der Waals surface area contributed by atoms with Crippen molar-refractivity contribution >= 4 is 11.8 Å². The van der Waals surface area contributed by atoms with Crippen molar-refractivity contribution < 1.29 is 14.7 Å². The van der Waals surface area contributed by atoms with Crippen molar-refractivity contribution in [1.29, 1.82) is 0 Å². The largest absolute Gasteiger partial charge is 0.480 e. The van der Waals surface area contributed by atoms with Crippen LogP contribution in [-0.4, -0.2) is 28.4 Å². The fourth-order valence-corrected chi connectivity index (χ4v) is 4.26. The SMILES string of the molecule is CCCCCCCCCCCCCCC(C)NC(CC)(C(=O)O)C(=O)c1ccccc1. The van der Waals surface area contributed by atoms with Gasteiger partial charge in [0.1, 0.15) is 0 Å². The average Bonchev–Trinajstić information content (AvgIpc) is 2.78. The van der Waals surface area contributed by atoms with Crippen molar-refractivity contribution in [2.24, 2.45) is 0 Å². The minimum absolute atomic E-state index is 0.0215. The topological polar surface area (TPSA) is 66.4 Å². The van der Waals surface area contributed by atoms with Crippen molar-refractivity contribution in [2.45, 2.75) is 122 Å². The van der Waals surface area contributed by atoms with Gasteiger partial charge in [0.15, 0.2) is 11.3 Å². The Bertz CT molecular complexity index is 616. The van der Waals surface area contributed by atoms with Gasteiger partial charge < -0.3 is 5.11 Å². The second-order valence-electron chi connectivity index (χ2n) is 8.98. The number of carboxylic acids is 1. The highest BCUT2D eigenvalue weighted by Crippen LogP contribution is 2.21. The van der Waals surface area contributed by atoms with E-state index in [0.29, 0.717) is 5.56 Å². The third kappa shape index (κ3) is 9.99. The highest BCUT2D eigenvalue weighted by atomic mass is 16.4. The molecule has 4 heteroatoms. The lowest BCUT2D eigenvalue weighted by Gasteiger charge is -2.31. The van der Waals surface area contributed by atoms with E-state index in [1.54, 1.807) is 31.2 Å². The second-order valence-corrected chi connectivity index (χ2v) is 8.98. The summed E-state index contributed by atoms with van der Waals surface area (Å²) in [5, 5.41) is 13.1. The summed E-state index contributed by atoms with van der Waals surface area (Å²) in [4.78, 5) is 25.1. The summed E-state index contributed by atoms with van der Waals surface area (Å²) < 4.78 is 0. The first kappa shape index (κ1) is 27.4. The molecule has 1 aromatic rings. The van der Waals surface area contributed by atoms with E-state index < -0.39 is 11.5 Å². The normalized spacial score (nSPS) is 14.2. The van der Waals surface area contributed by atoms with Gasteiger partial charge in [0.05, 0.1) is 0 Å². The molecule has 31 heavy (non-hydrogen) atoms. The van der Waals surface area contributed by atoms with Gasteiger partial charge in [0.25, 0.3) is 0 Å². The molecule has 0 aliphatic heterocycles. The molecule has 0 bridgehead atoms. The minimum Gasteiger partial charge on any atom is -0.480 e. The highest BCUT2D eigenvalue weighted by molar-refractivity contribution is 6.16. The molecule has 0 amide bonds. The molecule has 2 N–H and O–H groups in total. The monoisotopic (exact) mass is 431 g/mol. The van der Waals surface area contributed by atoms with E-state index in [1.165, 1.54) is 70.6 Å². The van der Waals surface area contributed by atoms with E-state index in [4.69, 9.17) is 0 Å². The van der Waals surface area contributed by atoms with E-state index >= 15 is 0 Å².